The molecule has 0 fully saturated rings. The van der Waals surface area contributed by atoms with Gasteiger partial charge in [0.1, 0.15) is 17.4 Å². The summed E-state index contributed by atoms with van der Waals surface area (Å²) in [6, 6.07) is 3.43. The van der Waals surface area contributed by atoms with Crippen LogP contribution in [-0.4, -0.2) is 20.1 Å². The summed E-state index contributed by atoms with van der Waals surface area (Å²) in [5.41, 5.74) is 6.41. The molecule has 0 unspecified atom stereocenters. The number of hydrogen-bond donors (Lipinski definition) is 2. The Labute approximate surface area is 98.9 Å². The SMILES string of the molecule is COc1cc(NC(C)=O)c(OC)c(C#N)c1N. The summed E-state index contributed by atoms with van der Waals surface area (Å²) in [4.78, 5) is 11.0. The molecule has 0 aromatic heterocycles. The van der Waals surface area contributed by atoms with Gasteiger partial charge in [-0.2, -0.15) is 5.26 Å². The van der Waals surface area contributed by atoms with Crippen molar-refractivity contribution in [2.75, 3.05) is 25.3 Å². The van der Waals surface area contributed by atoms with Crippen LogP contribution in [0, 0.1) is 11.3 Å². The quantitative estimate of drug-likeness (QED) is 0.765. The topological polar surface area (TPSA) is 97.4 Å². The second kappa shape index (κ2) is 5.07. The minimum Gasteiger partial charge on any atom is -0.494 e. The highest BCUT2D eigenvalue weighted by atomic mass is 16.5. The van der Waals surface area contributed by atoms with Crippen LogP contribution in [0.25, 0.3) is 0 Å². The van der Waals surface area contributed by atoms with Crippen LogP contribution in [-0.2, 0) is 4.79 Å². The summed E-state index contributed by atoms with van der Waals surface area (Å²) in [6.07, 6.45) is 0. The van der Waals surface area contributed by atoms with Crippen LogP contribution in [0.5, 0.6) is 11.5 Å². The van der Waals surface area contributed by atoms with Crippen LogP contribution in [0.2, 0.25) is 0 Å². The molecule has 0 radical (unpaired) electrons. The van der Waals surface area contributed by atoms with Gasteiger partial charge in [-0.3, -0.25) is 4.79 Å². The molecule has 0 spiro atoms. The second-order valence-corrected chi connectivity index (χ2v) is 3.24. The van der Waals surface area contributed by atoms with Crippen molar-refractivity contribution in [2.24, 2.45) is 0 Å². The van der Waals surface area contributed by atoms with Crippen LogP contribution in [0.15, 0.2) is 6.07 Å². The normalized spacial score (nSPS) is 9.29. The van der Waals surface area contributed by atoms with Gasteiger partial charge < -0.3 is 20.5 Å². The number of nitrogen functional groups attached to an aromatic ring is 1. The van der Waals surface area contributed by atoms with Gasteiger partial charge in [-0.25, -0.2) is 0 Å². The van der Waals surface area contributed by atoms with Gasteiger partial charge in [0.05, 0.1) is 25.6 Å². The summed E-state index contributed by atoms with van der Waals surface area (Å²) in [7, 11) is 2.82. The summed E-state index contributed by atoms with van der Waals surface area (Å²) in [5.74, 6) is 0.256. The molecule has 1 rings (SSSR count). The van der Waals surface area contributed by atoms with Crippen molar-refractivity contribution in [3.63, 3.8) is 0 Å². The van der Waals surface area contributed by atoms with Crippen molar-refractivity contribution in [1.82, 2.24) is 0 Å². The minimum atomic E-state index is -0.279. The van der Waals surface area contributed by atoms with Crippen LogP contribution in [0.1, 0.15) is 12.5 Å². The maximum atomic E-state index is 11.0. The third-order valence-corrected chi connectivity index (χ3v) is 2.13. The number of benzene rings is 1. The van der Waals surface area contributed by atoms with Crippen molar-refractivity contribution < 1.29 is 14.3 Å². The van der Waals surface area contributed by atoms with Crippen LogP contribution < -0.4 is 20.5 Å². The zero-order chi connectivity index (χ0) is 13.0. The predicted molar refractivity (Wildman–Crippen MR) is 63.0 cm³/mol. The van der Waals surface area contributed by atoms with E-state index in [1.165, 1.54) is 27.2 Å². The van der Waals surface area contributed by atoms with Crippen molar-refractivity contribution in [3.05, 3.63) is 11.6 Å². The Balaban J connectivity index is 3.48. The first-order valence-electron chi connectivity index (χ1n) is 4.77. The summed E-state index contributed by atoms with van der Waals surface area (Å²) >= 11 is 0. The molecule has 1 amide bonds. The molecule has 1 aromatic rings. The zero-order valence-corrected chi connectivity index (χ0v) is 9.83. The van der Waals surface area contributed by atoms with E-state index in [0.29, 0.717) is 11.4 Å². The van der Waals surface area contributed by atoms with Crippen LogP contribution >= 0.6 is 0 Å². The molecular weight excluding hydrogens is 222 g/mol. The average Bonchev–Trinajstić information content (AvgIpc) is 2.29. The molecule has 0 aliphatic heterocycles. The average molecular weight is 235 g/mol. The van der Waals surface area contributed by atoms with E-state index in [2.05, 4.69) is 5.32 Å². The van der Waals surface area contributed by atoms with Crippen LogP contribution in [0.4, 0.5) is 11.4 Å². The van der Waals surface area contributed by atoms with E-state index in [9.17, 15) is 4.79 Å². The predicted octanol–water partition coefficient (Wildman–Crippen LogP) is 1.12. The molecule has 0 bridgehead atoms. The summed E-state index contributed by atoms with van der Waals surface area (Å²) in [6.45, 7) is 1.36. The lowest BCUT2D eigenvalue weighted by Crippen LogP contribution is -2.09. The number of nitrogens with two attached hydrogens (primary N) is 1. The molecule has 0 atom stereocenters. The molecule has 90 valence electrons. The number of methoxy groups -OCH3 is 2. The molecule has 0 aliphatic carbocycles. The van der Waals surface area contributed by atoms with Gasteiger partial charge in [0, 0.05) is 13.0 Å². The Bertz CT molecular complexity index is 492. The highest BCUT2D eigenvalue weighted by Crippen LogP contribution is 2.39. The second-order valence-electron chi connectivity index (χ2n) is 3.24. The lowest BCUT2D eigenvalue weighted by molar-refractivity contribution is -0.114. The molecule has 0 heterocycles. The number of ether oxygens (including phenoxy) is 2. The van der Waals surface area contributed by atoms with Gasteiger partial charge in [-0.05, 0) is 0 Å². The fourth-order valence-electron chi connectivity index (χ4n) is 1.43. The molecule has 6 nitrogen and oxygen atoms in total. The first kappa shape index (κ1) is 12.6. The van der Waals surface area contributed by atoms with Crippen molar-refractivity contribution >= 4 is 17.3 Å². The molecule has 6 heteroatoms. The van der Waals surface area contributed by atoms with Crippen molar-refractivity contribution in [1.29, 1.82) is 5.26 Å². The maximum absolute atomic E-state index is 11.0. The number of hydrogen-bond acceptors (Lipinski definition) is 5. The smallest absolute Gasteiger partial charge is 0.221 e. The van der Waals surface area contributed by atoms with Gasteiger partial charge >= 0.3 is 0 Å². The zero-order valence-electron chi connectivity index (χ0n) is 9.83. The minimum absolute atomic E-state index is 0.135. The van der Waals surface area contributed by atoms with Gasteiger partial charge in [0.2, 0.25) is 5.91 Å². The lowest BCUT2D eigenvalue weighted by atomic mass is 10.1. The van der Waals surface area contributed by atoms with E-state index >= 15 is 0 Å². The number of anilines is 2. The Morgan fingerprint density at radius 3 is 2.53 bits per heavy atom. The summed E-state index contributed by atoms with van der Waals surface area (Å²) in [5, 5.41) is 11.6. The number of nitrogens with zero attached hydrogens (tertiary/aromatic N) is 1. The Morgan fingerprint density at radius 1 is 1.47 bits per heavy atom. The number of rotatable bonds is 3. The highest BCUT2D eigenvalue weighted by molar-refractivity contribution is 5.93. The molecule has 0 saturated heterocycles. The fraction of sp³-hybridized carbons (Fsp3) is 0.273. The molecule has 1 aromatic carbocycles. The number of carbonyl (C=O) groups is 1. The van der Waals surface area contributed by atoms with E-state index < -0.39 is 0 Å². The number of nitriles is 1. The number of nitrogens with one attached hydrogen (secondary N) is 1. The fourth-order valence-corrected chi connectivity index (χ4v) is 1.43. The van der Waals surface area contributed by atoms with Gasteiger partial charge in [-0.1, -0.05) is 0 Å². The Hall–Kier alpha value is -2.42. The van der Waals surface area contributed by atoms with E-state index in [1.807, 2.05) is 6.07 Å². The van der Waals surface area contributed by atoms with Gasteiger partial charge in [-0.15, -0.1) is 0 Å². The number of amides is 1. The monoisotopic (exact) mass is 235 g/mol. The van der Waals surface area contributed by atoms with E-state index in [1.54, 1.807) is 0 Å². The third kappa shape index (κ3) is 2.39. The standard InChI is InChI=1S/C11H13N3O3/c1-6(15)14-8-4-9(16-2)10(13)7(5-12)11(8)17-3/h4H,13H2,1-3H3,(H,14,15). The van der Waals surface area contributed by atoms with E-state index in [0.717, 1.165) is 0 Å². The largest absolute Gasteiger partial charge is 0.494 e. The highest BCUT2D eigenvalue weighted by Gasteiger charge is 2.18. The molecule has 0 saturated carbocycles. The Morgan fingerprint density at radius 2 is 2.12 bits per heavy atom. The molecule has 0 aliphatic rings. The lowest BCUT2D eigenvalue weighted by Gasteiger charge is -2.14. The first-order chi connectivity index (χ1) is 8.04. The first-order valence-corrected chi connectivity index (χ1v) is 4.77. The van der Waals surface area contributed by atoms with Gasteiger partial charge in [0.15, 0.2) is 5.75 Å². The maximum Gasteiger partial charge on any atom is 0.221 e. The van der Waals surface area contributed by atoms with Crippen molar-refractivity contribution in [2.45, 2.75) is 6.92 Å². The van der Waals surface area contributed by atoms with Crippen LogP contribution in [0.3, 0.4) is 0 Å². The molecular formula is C11H13N3O3. The van der Waals surface area contributed by atoms with Gasteiger partial charge in [0.25, 0.3) is 0 Å². The Kier molecular flexibility index (Phi) is 3.78. The van der Waals surface area contributed by atoms with E-state index in [-0.39, 0.29) is 22.9 Å². The molecule has 17 heavy (non-hydrogen) atoms. The third-order valence-electron chi connectivity index (χ3n) is 2.13. The van der Waals surface area contributed by atoms with Crippen molar-refractivity contribution in [3.8, 4) is 17.6 Å². The molecule has 3 N–H and O–H groups in total. The van der Waals surface area contributed by atoms with E-state index in [4.69, 9.17) is 20.5 Å². The summed E-state index contributed by atoms with van der Waals surface area (Å²) < 4.78 is 10.1. The number of carbonyl (C=O) groups excluding carboxylic acids is 1.